The summed E-state index contributed by atoms with van der Waals surface area (Å²) in [5, 5.41) is 0. The number of ether oxygens (including phenoxy) is 5. The summed E-state index contributed by atoms with van der Waals surface area (Å²) in [4.78, 5) is 11.1. The molecule has 6 heteroatoms. The van der Waals surface area contributed by atoms with E-state index in [9.17, 15) is 4.79 Å². The van der Waals surface area contributed by atoms with Gasteiger partial charge in [0.25, 0.3) is 0 Å². The van der Waals surface area contributed by atoms with E-state index in [0.717, 1.165) is 0 Å². The first-order valence-corrected chi connectivity index (χ1v) is 5.10. The summed E-state index contributed by atoms with van der Waals surface area (Å²) in [5.74, 6) is 0. The largest absolute Gasteiger partial charge is 0.509 e. The monoisotopic (exact) mass is 232 g/mol. The molecule has 0 spiro atoms. The van der Waals surface area contributed by atoms with Crippen LogP contribution in [0, 0.1) is 0 Å². The Labute approximate surface area is 93.7 Å². The molecule has 2 saturated heterocycles. The van der Waals surface area contributed by atoms with Gasteiger partial charge in [0.2, 0.25) is 0 Å². The molecule has 92 valence electrons. The third-order valence-electron chi connectivity index (χ3n) is 2.95. The lowest BCUT2D eigenvalue weighted by molar-refractivity contribution is -0.299. The molecule has 1 unspecified atom stereocenters. The van der Waals surface area contributed by atoms with E-state index < -0.39 is 30.3 Å². The minimum atomic E-state index is -0.708. The lowest BCUT2D eigenvalue weighted by atomic mass is 9.90. The third-order valence-corrected chi connectivity index (χ3v) is 2.95. The second-order valence-corrected chi connectivity index (χ2v) is 4.40. The van der Waals surface area contributed by atoms with Crippen LogP contribution in [0.4, 0.5) is 4.79 Å². The van der Waals surface area contributed by atoms with Crippen molar-refractivity contribution in [3.05, 3.63) is 0 Å². The molecule has 0 aromatic rings. The molecule has 0 aliphatic carbocycles. The summed E-state index contributed by atoms with van der Waals surface area (Å²) in [6.45, 7) is 3.71. The van der Waals surface area contributed by atoms with Gasteiger partial charge in [-0.15, -0.1) is 0 Å². The van der Waals surface area contributed by atoms with Crippen molar-refractivity contribution in [2.75, 3.05) is 14.2 Å². The summed E-state index contributed by atoms with van der Waals surface area (Å²) in [6.07, 6.45) is -2.78. The second-order valence-electron chi connectivity index (χ2n) is 4.40. The Bertz CT molecular complexity index is 289. The minimum Gasteiger partial charge on any atom is -0.424 e. The highest BCUT2D eigenvalue weighted by molar-refractivity contribution is 5.63. The highest BCUT2D eigenvalue weighted by Gasteiger charge is 2.58. The summed E-state index contributed by atoms with van der Waals surface area (Å²) in [7, 11) is 3.04. The van der Waals surface area contributed by atoms with Crippen molar-refractivity contribution >= 4 is 6.16 Å². The van der Waals surface area contributed by atoms with Gasteiger partial charge in [0.1, 0.15) is 6.10 Å². The van der Waals surface area contributed by atoms with Crippen LogP contribution < -0.4 is 0 Å². The molecule has 2 aliphatic rings. The van der Waals surface area contributed by atoms with Gasteiger partial charge in [-0.25, -0.2) is 4.79 Å². The maximum Gasteiger partial charge on any atom is 0.509 e. The second kappa shape index (κ2) is 3.87. The Morgan fingerprint density at radius 1 is 1.12 bits per heavy atom. The van der Waals surface area contributed by atoms with Gasteiger partial charge in [0.05, 0.1) is 5.60 Å². The molecule has 6 nitrogen and oxygen atoms in total. The van der Waals surface area contributed by atoms with E-state index >= 15 is 0 Å². The SMILES string of the molecule is CO[C@@H]1OC(C)(C)[C@H](OC)[C@@H]2OC(=O)OC12. The van der Waals surface area contributed by atoms with Gasteiger partial charge in [-0.2, -0.15) is 0 Å². The first-order chi connectivity index (χ1) is 7.49. The zero-order valence-corrected chi connectivity index (χ0v) is 9.76. The molecule has 2 aliphatic heterocycles. The van der Waals surface area contributed by atoms with Gasteiger partial charge < -0.3 is 23.7 Å². The van der Waals surface area contributed by atoms with Crippen LogP contribution in [-0.4, -0.2) is 50.6 Å². The van der Waals surface area contributed by atoms with E-state index in [1.165, 1.54) is 7.11 Å². The average molecular weight is 232 g/mol. The van der Waals surface area contributed by atoms with E-state index in [2.05, 4.69) is 0 Å². The van der Waals surface area contributed by atoms with Crippen molar-refractivity contribution in [3.8, 4) is 0 Å². The van der Waals surface area contributed by atoms with E-state index in [0.29, 0.717) is 0 Å². The Morgan fingerprint density at radius 2 is 1.75 bits per heavy atom. The van der Waals surface area contributed by atoms with Gasteiger partial charge in [0, 0.05) is 14.2 Å². The van der Waals surface area contributed by atoms with Gasteiger partial charge in [-0.3, -0.25) is 0 Å². The first-order valence-electron chi connectivity index (χ1n) is 5.10. The van der Waals surface area contributed by atoms with Crippen molar-refractivity contribution in [1.29, 1.82) is 0 Å². The van der Waals surface area contributed by atoms with Gasteiger partial charge >= 0.3 is 6.16 Å². The fourth-order valence-corrected chi connectivity index (χ4v) is 2.26. The molecular weight excluding hydrogens is 216 g/mol. The van der Waals surface area contributed by atoms with E-state index in [1.54, 1.807) is 7.11 Å². The Hall–Kier alpha value is -0.850. The summed E-state index contributed by atoms with van der Waals surface area (Å²) >= 11 is 0. The van der Waals surface area contributed by atoms with Gasteiger partial charge in [-0.1, -0.05) is 0 Å². The lowest BCUT2D eigenvalue weighted by Gasteiger charge is -2.44. The fraction of sp³-hybridized carbons (Fsp3) is 0.900. The molecule has 4 atom stereocenters. The normalized spacial score (nSPS) is 41.1. The highest BCUT2D eigenvalue weighted by atomic mass is 16.8. The number of carbonyl (C=O) groups is 1. The number of rotatable bonds is 2. The molecule has 0 radical (unpaired) electrons. The minimum absolute atomic E-state index is 0.379. The van der Waals surface area contributed by atoms with Crippen LogP contribution in [0.5, 0.6) is 0 Å². The zero-order valence-electron chi connectivity index (χ0n) is 9.76. The predicted octanol–water partition coefficient (Wildman–Crippen LogP) is 0.687. The summed E-state index contributed by atoms with van der Waals surface area (Å²) in [6, 6.07) is 0. The predicted molar refractivity (Wildman–Crippen MR) is 51.9 cm³/mol. The summed E-state index contributed by atoms with van der Waals surface area (Å²) in [5.41, 5.74) is -0.607. The van der Waals surface area contributed by atoms with Crippen molar-refractivity contribution < 1.29 is 28.5 Å². The Kier molecular flexibility index (Phi) is 2.81. The van der Waals surface area contributed by atoms with Crippen LogP contribution in [0.15, 0.2) is 0 Å². The van der Waals surface area contributed by atoms with Crippen LogP contribution in [0.3, 0.4) is 0 Å². The molecule has 0 bridgehead atoms. The third kappa shape index (κ3) is 1.66. The lowest BCUT2D eigenvalue weighted by Crippen LogP contribution is -2.61. The van der Waals surface area contributed by atoms with Crippen LogP contribution in [0.25, 0.3) is 0 Å². The van der Waals surface area contributed by atoms with E-state index in [4.69, 9.17) is 23.7 Å². The quantitative estimate of drug-likeness (QED) is 0.652. The van der Waals surface area contributed by atoms with E-state index in [-0.39, 0.29) is 6.10 Å². The van der Waals surface area contributed by atoms with Gasteiger partial charge in [-0.05, 0) is 13.8 Å². The molecule has 0 aromatic heterocycles. The molecule has 2 fully saturated rings. The fourth-order valence-electron chi connectivity index (χ4n) is 2.26. The smallest absolute Gasteiger partial charge is 0.424 e. The topological polar surface area (TPSA) is 63.2 Å². The maximum atomic E-state index is 11.1. The van der Waals surface area contributed by atoms with Crippen molar-refractivity contribution in [3.63, 3.8) is 0 Å². The molecule has 0 aromatic carbocycles. The van der Waals surface area contributed by atoms with Crippen LogP contribution in [0.1, 0.15) is 13.8 Å². The maximum absolute atomic E-state index is 11.1. The van der Waals surface area contributed by atoms with Crippen molar-refractivity contribution in [1.82, 2.24) is 0 Å². The van der Waals surface area contributed by atoms with Crippen LogP contribution in [0.2, 0.25) is 0 Å². The van der Waals surface area contributed by atoms with Gasteiger partial charge in [0.15, 0.2) is 18.5 Å². The van der Waals surface area contributed by atoms with E-state index in [1.807, 2.05) is 13.8 Å². The molecule has 0 saturated carbocycles. The number of hydrogen-bond donors (Lipinski definition) is 0. The zero-order chi connectivity index (χ0) is 11.9. The number of hydrogen-bond acceptors (Lipinski definition) is 6. The summed E-state index contributed by atoms with van der Waals surface area (Å²) < 4.78 is 26.2. The molecule has 0 N–H and O–H groups in total. The Balaban J connectivity index is 2.26. The van der Waals surface area contributed by atoms with Crippen LogP contribution >= 0.6 is 0 Å². The van der Waals surface area contributed by atoms with Crippen LogP contribution in [-0.2, 0) is 23.7 Å². The molecular formula is C10H16O6. The molecule has 16 heavy (non-hydrogen) atoms. The number of carbonyl (C=O) groups excluding carboxylic acids is 1. The number of fused-ring (bicyclic) bond motifs is 1. The molecule has 2 rings (SSSR count). The molecule has 0 amide bonds. The first kappa shape index (κ1) is 11.6. The Morgan fingerprint density at radius 3 is 2.31 bits per heavy atom. The van der Waals surface area contributed by atoms with Crippen molar-refractivity contribution in [2.24, 2.45) is 0 Å². The molecule has 2 heterocycles. The standard InChI is InChI=1S/C10H16O6/c1-10(2)7(12-3)5-6(8(13-4)16-10)15-9(11)14-5/h5-8H,1-4H3/t5-,6?,7-,8-/m1/s1. The highest BCUT2D eigenvalue weighted by Crippen LogP contribution is 2.37. The number of methoxy groups -OCH3 is 2. The average Bonchev–Trinajstić information content (AvgIpc) is 2.57. The van der Waals surface area contributed by atoms with Crippen molar-refractivity contribution in [2.45, 2.75) is 44.1 Å².